The van der Waals surface area contributed by atoms with E-state index in [0.29, 0.717) is 6.42 Å². The van der Waals surface area contributed by atoms with Gasteiger partial charge in [0, 0.05) is 23.6 Å². The van der Waals surface area contributed by atoms with Gasteiger partial charge in [0.25, 0.3) is 0 Å². The minimum atomic E-state index is -0.721. The zero-order chi connectivity index (χ0) is 14.1. The Kier molecular flexibility index (Phi) is 3.51. The van der Waals surface area contributed by atoms with Gasteiger partial charge in [-0.25, -0.2) is 0 Å². The predicted octanol–water partition coefficient (Wildman–Crippen LogP) is 3.70. The molecule has 1 fully saturated rings. The molecule has 1 atom stereocenters. The first kappa shape index (κ1) is 13.2. The van der Waals surface area contributed by atoms with E-state index in [2.05, 4.69) is 29.0 Å². The highest BCUT2D eigenvalue weighted by molar-refractivity contribution is 5.84. The molecule has 2 aromatic rings. The van der Waals surface area contributed by atoms with Gasteiger partial charge < -0.3 is 9.67 Å². The highest BCUT2D eigenvalue weighted by atomic mass is 16.4. The summed E-state index contributed by atoms with van der Waals surface area (Å²) in [5.74, 6) is -0.255. The first-order valence-electron chi connectivity index (χ1n) is 7.44. The van der Waals surface area contributed by atoms with E-state index in [0.717, 1.165) is 18.0 Å². The summed E-state index contributed by atoms with van der Waals surface area (Å²) in [6, 6.07) is 8.34. The molecular formula is C17H21NO2. The van der Waals surface area contributed by atoms with Gasteiger partial charge in [-0.3, -0.25) is 4.79 Å². The van der Waals surface area contributed by atoms with Crippen LogP contribution in [-0.2, 0) is 17.8 Å². The number of carbonyl (C=O) groups is 1. The number of aromatic nitrogens is 1. The van der Waals surface area contributed by atoms with Crippen LogP contribution in [0.5, 0.6) is 0 Å². The number of para-hydroxylation sites is 1. The normalized spacial score (nSPS) is 17.1. The van der Waals surface area contributed by atoms with E-state index in [9.17, 15) is 4.79 Å². The Balaban J connectivity index is 1.92. The molecule has 20 heavy (non-hydrogen) atoms. The van der Waals surface area contributed by atoms with Gasteiger partial charge in [-0.2, -0.15) is 0 Å². The largest absolute Gasteiger partial charge is 0.481 e. The first-order chi connectivity index (χ1) is 9.65. The second-order valence-corrected chi connectivity index (χ2v) is 6.06. The van der Waals surface area contributed by atoms with E-state index in [1.165, 1.54) is 30.2 Å². The summed E-state index contributed by atoms with van der Waals surface area (Å²) in [5, 5.41) is 10.3. The van der Waals surface area contributed by atoms with Crippen molar-refractivity contribution in [3.05, 3.63) is 36.0 Å². The molecule has 1 saturated carbocycles. The number of aliphatic carboxylic acids is 1. The van der Waals surface area contributed by atoms with Crippen molar-refractivity contribution in [2.75, 3.05) is 0 Å². The zero-order valence-corrected chi connectivity index (χ0v) is 11.9. The van der Waals surface area contributed by atoms with Gasteiger partial charge in [-0.05, 0) is 36.8 Å². The van der Waals surface area contributed by atoms with Gasteiger partial charge in [0.1, 0.15) is 0 Å². The second-order valence-electron chi connectivity index (χ2n) is 6.06. The zero-order valence-electron chi connectivity index (χ0n) is 11.9. The minimum Gasteiger partial charge on any atom is -0.481 e. The van der Waals surface area contributed by atoms with E-state index in [1.807, 2.05) is 6.07 Å². The fourth-order valence-corrected chi connectivity index (χ4v) is 3.01. The van der Waals surface area contributed by atoms with E-state index >= 15 is 0 Å². The average Bonchev–Trinajstić information content (AvgIpc) is 2.72. The fourth-order valence-electron chi connectivity index (χ4n) is 3.01. The van der Waals surface area contributed by atoms with Crippen LogP contribution in [-0.4, -0.2) is 15.6 Å². The summed E-state index contributed by atoms with van der Waals surface area (Å²) in [7, 11) is 0. The number of hydrogen-bond donors (Lipinski definition) is 1. The lowest BCUT2D eigenvalue weighted by Gasteiger charge is -2.26. The Bertz CT molecular complexity index is 625. The molecule has 1 aliphatic rings. The summed E-state index contributed by atoms with van der Waals surface area (Å²) < 4.78 is 2.32. The Morgan fingerprint density at radius 2 is 2.15 bits per heavy atom. The number of fused-ring (bicyclic) bond motifs is 1. The Hall–Kier alpha value is -1.77. The molecule has 0 amide bonds. The molecule has 1 aromatic heterocycles. The third-order valence-corrected chi connectivity index (χ3v) is 4.50. The molecule has 1 unspecified atom stereocenters. The predicted molar refractivity (Wildman–Crippen MR) is 79.8 cm³/mol. The molecule has 3 nitrogen and oxygen atoms in total. The second kappa shape index (κ2) is 5.31. The van der Waals surface area contributed by atoms with E-state index < -0.39 is 5.97 Å². The lowest BCUT2D eigenvalue weighted by atomic mass is 9.85. The van der Waals surface area contributed by atoms with E-state index in [-0.39, 0.29) is 5.92 Å². The van der Waals surface area contributed by atoms with Crippen LogP contribution in [0.3, 0.4) is 0 Å². The van der Waals surface area contributed by atoms with Crippen molar-refractivity contribution in [3.63, 3.8) is 0 Å². The number of hydrogen-bond acceptors (Lipinski definition) is 1. The molecule has 0 radical (unpaired) electrons. The average molecular weight is 271 g/mol. The lowest BCUT2D eigenvalue weighted by Crippen LogP contribution is -2.17. The van der Waals surface area contributed by atoms with Gasteiger partial charge in [-0.15, -0.1) is 0 Å². The van der Waals surface area contributed by atoms with Gasteiger partial charge in [0.15, 0.2) is 0 Å². The maximum Gasteiger partial charge on any atom is 0.306 e. The monoisotopic (exact) mass is 271 g/mol. The summed E-state index contributed by atoms with van der Waals surface area (Å²) in [5.41, 5.74) is 2.40. The van der Waals surface area contributed by atoms with Crippen LogP contribution >= 0.6 is 0 Å². The third kappa shape index (κ3) is 2.45. The van der Waals surface area contributed by atoms with Gasteiger partial charge in [0.2, 0.25) is 0 Å². The van der Waals surface area contributed by atoms with Crippen molar-refractivity contribution >= 4 is 16.9 Å². The van der Waals surface area contributed by atoms with Crippen LogP contribution in [0.15, 0.2) is 30.5 Å². The van der Waals surface area contributed by atoms with Crippen LogP contribution in [0.1, 0.15) is 31.7 Å². The quantitative estimate of drug-likeness (QED) is 0.900. The summed E-state index contributed by atoms with van der Waals surface area (Å²) in [6.07, 6.45) is 6.78. The van der Waals surface area contributed by atoms with Crippen molar-refractivity contribution in [2.24, 2.45) is 11.8 Å². The van der Waals surface area contributed by atoms with Crippen molar-refractivity contribution in [3.8, 4) is 0 Å². The fraction of sp³-hybridized carbons (Fsp3) is 0.471. The molecule has 0 spiro atoms. The van der Waals surface area contributed by atoms with Gasteiger partial charge in [0.05, 0.1) is 5.92 Å². The smallest absolute Gasteiger partial charge is 0.306 e. The molecule has 0 aliphatic heterocycles. The van der Waals surface area contributed by atoms with E-state index in [1.54, 1.807) is 6.92 Å². The number of carboxylic acids is 1. The minimum absolute atomic E-state index is 0.335. The lowest BCUT2D eigenvalue weighted by molar-refractivity contribution is -0.141. The SMILES string of the molecule is CC(Cc1cn(CC2CCC2)c2ccccc12)C(=O)O. The van der Waals surface area contributed by atoms with Crippen LogP contribution in [0.2, 0.25) is 0 Å². The maximum absolute atomic E-state index is 11.1. The van der Waals surface area contributed by atoms with Crippen molar-refractivity contribution in [2.45, 2.75) is 39.2 Å². The van der Waals surface area contributed by atoms with E-state index in [4.69, 9.17) is 5.11 Å². The molecule has 1 aromatic carbocycles. The van der Waals surface area contributed by atoms with Gasteiger partial charge in [-0.1, -0.05) is 31.5 Å². The summed E-state index contributed by atoms with van der Waals surface area (Å²) in [6.45, 7) is 2.85. The van der Waals surface area contributed by atoms with Crippen LogP contribution < -0.4 is 0 Å². The molecular weight excluding hydrogens is 250 g/mol. The molecule has 3 rings (SSSR count). The number of carboxylic acid groups (broad SMARTS) is 1. The van der Waals surface area contributed by atoms with Crippen molar-refractivity contribution < 1.29 is 9.90 Å². The summed E-state index contributed by atoms with van der Waals surface area (Å²) in [4.78, 5) is 11.1. The van der Waals surface area contributed by atoms with Crippen LogP contribution in [0, 0.1) is 11.8 Å². The highest BCUT2D eigenvalue weighted by Crippen LogP contribution is 2.31. The van der Waals surface area contributed by atoms with Crippen LogP contribution in [0.25, 0.3) is 10.9 Å². The maximum atomic E-state index is 11.1. The molecule has 1 aliphatic carbocycles. The highest BCUT2D eigenvalue weighted by Gasteiger charge is 2.20. The number of rotatable bonds is 5. The Labute approximate surface area is 119 Å². The Morgan fingerprint density at radius 3 is 2.80 bits per heavy atom. The molecule has 1 N–H and O–H groups in total. The van der Waals surface area contributed by atoms with Crippen molar-refractivity contribution in [1.82, 2.24) is 4.57 Å². The van der Waals surface area contributed by atoms with Crippen LogP contribution in [0.4, 0.5) is 0 Å². The number of nitrogens with zero attached hydrogens (tertiary/aromatic N) is 1. The molecule has 106 valence electrons. The molecule has 1 heterocycles. The molecule has 0 saturated heterocycles. The Morgan fingerprint density at radius 1 is 1.40 bits per heavy atom. The van der Waals surface area contributed by atoms with Crippen molar-refractivity contribution in [1.29, 1.82) is 0 Å². The molecule has 3 heteroatoms. The third-order valence-electron chi connectivity index (χ3n) is 4.50. The topological polar surface area (TPSA) is 42.2 Å². The molecule has 0 bridgehead atoms. The standard InChI is InChI=1S/C17H21NO2/c1-12(17(19)20)9-14-11-18(10-13-5-4-6-13)16-8-3-2-7-15(14)16/h2-3,7-8,11-13H,4-6,9-10H2,1H3,(H,19,20). The summed E-state index contributed by atoms with van der Waals surface area (Å²) >= 11 is 0. The van der Waals surface area contributed by atoms with Gasteiger partial charge >= 0.3 is 5.97 Å². The number of benzene rings is 1. The first-order valence-corrected chi connectivity index (χ1v) is 7.44.